The Morgan fingerprint density at radius 1 is 1.00 bits per heavy atom. The van der Waals surface area contributed by atoms with E-state index in [9.17, 15) is 0 Å². The molecule has 0 bridgehead atoms. The van der Waals surface area contributed by atoms with Gasteiger partial charge in [-0.3, -0.25) is 0 Å². The summed E-state index contributed by atoms with van der Waals surface area (Å²) in [4.78, 5) is 7.02. The van der Waals surface area contributed by atoms with Crippen LogP contribution in [0.2, 0.25) is 0 Å². The molecule has 2 aromatic rings. The molecule has 1 atom stereocenters. The molecule has 6 heteroatoms. The number of ether oxygens (including phenoxy) is 3. The maximum absolute atomic E-state index is 6.13. The first-order valence-corrected chi connectivity index (χ1v) is 8.49. The van der Waals surface area contributed by atoms with Crippen molar-refractivity contribution in [3.63, 3.8) is 0 Å². The van der Waals surface area contributed by atoms with Crippen LogP contribution in [0.25, 0.3) is 0 Å². The summed E-state index contributed by atoms with van der Waals surface area (Å²) in [6, 6.07) is 14.4. The van der Waals surface area contributed by atoms with Crippen molar-refractivity contribution >= 4 is 11.7 Å². The first kappa shape index (κ1) is 14.6. The molecule has 0 saturated carbocycles. The second-order valence-corrected chi connectivity index (χ2v) is 6.48. The highest BCUT2D eigenvalue weighted by atomic mass is 16.5. The molecule has 0 amide bonds. The average molecular weight is 337 g/mol. The van der Waals surface area contributed by atoms with Crippen molar-refractivity contribution in [2.24, 2.45) is 10.7 Å². The third-order valence-electron chi connectivity index (χ3n) is 5.07. The van der Waals surface area contributed by atoms with Crippen LogP contribution in [0, 0.1) is 0 Å². The molecule has 1 saturated heterocycles. The van der Waals surface area contributed by atoms with Crippen molar-refractivity contribution in [1.82, 2.24) is 0 Å². The van der Waals surface area contributed by atoms with E-state index < -0.39 is 5.54 Å². The largest absolute Gasteiger partial charge is 0.462 e. The molecule has 2 aromatic carbocycles. The summed E-state index contributed by atoms with van der Waals surface area (Å²) in [5.41, 5.74) is 8.38. The molecule has 6 nitrogen and oxygen atoms in total. The average Bonchev–Trinajstić information content (AvgIpc) is 3.05. The molecule has 5 rings (SSSR count). The van der Waals surface area contributed by atoms with E-state index in [1.807, 2.05) is 30.3 Å². The number of para-hydroxylation sites is 1. The standard InChI is InChI=1S/C19H19N3O3/c20-18-21-19(12-24-18)14-3-1-2-4-16(14)25-17-6-5-13(11-15(17)19)22-7-9-23-10-8-22/h1-6,11H,7-10,12H2,(H2,20,21). The van der Waals surface area contributed by atoms with Crippen molar-refractivity contribution in [3.8, 4) is 11.5 Å². The van der Waals surface area contributed by atoms with Crippen LogP contribution in [0.3, 0.4) is 0 Å². The van der Waals surface area contributed by atoms with Crippen molar-refractivity contribution in [2.75, 3.05) is 37.8 Å². The van der Waals surface area contributed by atoms with Crippen LogP contribution in [0.15, 0.2) is 47.5 Å². The maximum atomic E-state index is 6.13. The van der Waals surface area contributed by atoms with E-state index in [0.29, 0.717) is 6.61 Å². The fourth-order valence-electron chi connectivity index (χ4n) is 3.82. The zero-order valence-electron chi connectivity index (χ0n) is 13.8. The van der Waals surface area contributed by atoms with Gasteiger partial charge in [0, 0.05) is 29.9 Å². The topological polar surface area (TPSA) is 69.3 Å². The van der Waals surface area contributed by atoms with E-state index in [1.165, 1.54) is 0 Å². The van der Waals surface area contributed by atoms with Crippen LogP contribution in [0.1, 0.15) is 11.1 Å². The number of rotatable bonds is 1. The summed E-state index contributed by atoms with van der Waals surface area (Å²) in [5.74, 6) is 1.61. The van der Waals surface area contributed by atoms with Gasteiger partial charge in [-0.25, -0.2) is 4.99 Å². The number of aliphatic imine (C=N–C) groups is 1. The number of nitrogens with two attached hydrogens (primary N) is 1. The summed E-state index contributed by atoms with van der Waals surface area (Å²) in [6.07, 6.45) is 0. The number of nitrogens with zero attached hydrogens (tertiary/aromatic N) is 2. The molecule has 0 aromatic heterocycles. The van der Waals surface area contributed by atoms with Gasteiger partial charge in [-0.1, -0.05) is 18.2 Å². The Bertz CT molecular complexity index is 861. The Morgan fingerprint density at radius 2 is 1.80 bits per heavy atom. The number of anilines is 1. The summed E-state index contributed by atoms with van der Waals surface area (Å²) in [7, 11) is 0. The van der Waals surface area contributed by atoms with Crippen LogP contribution in [0.4, 0.5) is 5.69 Å². The lowest BCUT2D eigenvalue weighted by atomic mass is 9.81. The number of hydrogen-bond acceptors (Lipinski definition) is 6. The lowest BCUT2D eigenvalue weighted by Crippen LogP contribution is -2.37. The van der Waals surface area contributed by atoms with Gasteiger partial charge in [0.2, 0.25) is 0 Å². The number of amidine groups is 1. The van der Waals surface area contributed by atoms with Gasteiger partial charge in [0.25, 0.3) is 6.02 Å². The number of benzene rings is 2. The minimum Gasteiger partial charge on any atom is -0.462 e. The third-order valence-corrected chi connectivity index (χ3v) is 5.07. The molecular formula is C19H19N3O3. The van der Waals surface area contributed by atoms with E-state index in [2.05, 4.69) is 17.0 Å². The van der Waals surface area contributed by atoms with Gasteiger partial charge in [-0.05, 0) is 24.3 Å². The Kier molecular flexibility index (Phi) is 3.15. The number of morpholine rings is 1. The van der Waals surface area contributed by atoms with Gasteiger partial charge >= 0.3 is 0 Å². The van der Waals surface area contributed by atoms with E-state index in [1.54, 1.807) is 0 Å². The summed E-state index contributed by atoms with van der Waals surface area (Å²) in [6.45, 7) is 3.64. The van der Waals surface area contributed by atoms with Crippen LogP contribution in [-0.4, -0.2) is 38.9 Å². The lowest BCUT2D eigenvalue weighted by Gasteiger charge is -2.35. The highest BCUT2D eigenvalue weighted by Crippen LogP contribution is 2.51. The molecule has 0 radical (unpaired) electrons. The summed E-state index contributed by atoms with van der Waals surface area (Å²) >= 11 is 0. The Morgan fingerprint density at radius 3 is 2.60 bits per heavy atom. The van der Waals surface area contributed by atoms with Crippen LogP contribution in [-0.2, 0) is 15.0 Å². The minimum absolute atomic E-state index is 0.222. The van der Waals surface area contributed by atoms with Crippen molar-refractivity contribution in [3.05, 3.63) is 53.6 Å². The summed E-state index contributed by atoms with van der Waals surface area (Å²) < 4.78 is 17.2. The van der Waals surface area contributed by atoms with E-state index in [-0.39, 0.29) is 6.02 Å². The van der Waals surface area contributed by atoms with Gasteiger partial charge in [-0.15, -0.1) is 0 Å². The SMILES string of the molecule is NC1=NC2(CO1)c1ccccc1Oc1ccc(N3CCOCC3)cc12. The first-order valence-electron chi connectivity index (χ1n) is 8.49. The smallest absolute Gasteiger partial charge is 0.283 e. The quantitative estimate of drug-likeness (QED) is 0.864. The summed E-state index contributed by atoms with van der Waals surface area (Å²) in [5, 5.41) is 0. The van der Waals surface area contributed by atoms with Gasteiger partial charge in [0.1, 0.15) is 18.1 Å². The van der Waals surface area contributed by atoms with Crippen molar-refractivity contribution in [1.29, 1.82) is 0 Å². The normalized spacial score (nSPS) is 24.2. The van der Waals surface area contributed by atoms with Gasteiger partial charge in [-0.2, -0.15) is 0 Å². The Labute approximate surface area is 145 Å². The Hall–Kier alpha value is -2.73. The van der Waals surface area contributed by atoms with E-state index in [0.717, 1.165) is 54.6 Å². The molecule has 3 aliphatic rings. The lowest BCUT2D eigenvalue weighted by molar-refractivity contribution is 0.122. The molecule has 3 heterocycles. The molecule has 128 valence electrons. The number of hydrogen-bond donors (Lipinski definition) is 1. The predicted molar refractivity (Wildman–Crippen MR) is 94.3 cm³/mol. The van der Waals surface area contributed by atoms with Gasteiger partial charge in [0.15, 0.2) is 5.54 Å². The highest BCUT2D eigenvalue weighted by Gasteiger charge is 2.46. The van der Waals surface area contributed by atoms with Crippen LogP contribution in [0.5, 0.6) is 11.5 Å². The monoisotopic (exact) mass is 337 g/mol. The predicted octanol–water partition coefficient (Wildman–Crippen LogP) is 2.22. The van der Waals surface area contributed by atoms with Crippen molar-refractivity contribution in [2.45, 2.75) is 5.54 Å². The fraction of sp³-hybridized carbons (Fsp3) is 0.316. The third kappa shape index (κ3) is 2.17. The fourth-order valence-corrected chi connectivity index (χ4v) is 3.82. The molecule has 1 spiro atoms. The minimum atomic E-state index is -0.642. The second-order valence-electron chi connectivity index (χ2n) is 6.48. The molecular weight excluding hydrogens is 318 g/mol. The van der Waals surface area contributed by atoms with Gasteiger partial charge in [0.05, 0.1) is 13.2 Å². The Balaban J connectivity index is 1.67. The molecule has 25 heavy (non-hydrogen) atoms. The number of fused-ring (bicyclic) bond motifs is 4. The van der Waals surface area contributed by atoms with E-state index >= 15 is 0 Å². The molecule has 0 aliphatic carbocycles. The molecule has 1 unspecified atom stereocenters. The molecule has 3 aliphatic heterocycles. The maximum Gasteiger partial charge on any atom is 0.283 e. The molecule has 1 fully saturated rings. The zero-order chi connectivity index (χ0) is 16.9. The zero-order valence-corrected chi connectivity index (χ0v) is 13.8. The van der Waals surface area contributed by atoms with Gasteiger partial charge < -0.3 is 24.8 Å². The van der Waals surface area contributed by atoms with Crippen LogP contribution < -0.4 is 15.4 Å². The second kappa shape index (κ2) is 5.39. The van der Waals surface area contributed by atoms with Crippen LogP contribution >= 0.6 is 0 Å². The van der Waals surface area contributed by atoms with Crippen molar-refractivity contribution < 1.29 is 14.2 Å². The van der Waals surface area contributed by atoms with E-state index in [4.69, 9.17) is 24.9 Å². The molecule has 2 N–H and O–H groups in total. The first-order chi connectivity index (χ1) is 12.3. The highest BCUT2D eigenvalue weighted by molar-refractivity contribution is 5.77.